The van der Waals surface area contributed by atoms with E-state index in [1.54, 1.807) is 0 Å². The monoisotopic (exact) mass is 243 g/mol. The summed E-state index contributed by atoms with van der Waals surface area (Å²) in [5.41, 5.74) is 4.52. The summed E-state index contributed by atoms with van der Waals surface area (Å²) in [4.78, 5) is 12.2. The molecule has 2 heteroatoms. The Hall–Kier alpha value is -1.57. The molecule has 0 radical (unpaired) electrons. The van der Waals surface area contributed by atoms with E-state index in [-0.39, 0.29) is 11.8 Å². The van der Waals surface area contributed by atoms with Gasteiger partial charge in [-0.3, -0.25) is 4.79 Å². The van der Waals surface area contributed by atoms with Gasteiger partial charge in [0.15, 0.2) is 0 Å². The van der Waals surface area contributed by atoms with Crippen molar-refractivity contribution in [2.24, 2.45) is 5.92 Å². The number of hydrogen-bond donors (Lipinski definition) is 1. The number of aryl methyl sites for hydroxylation is 3. The van der Waals surface area contributed by atoms with Crippen molar-refractivity contribution in [2.45, 2.75) is 40.0 Å². The molecule has 18 heavy (non-hydrogen) atoms. The highest BCUT2D eigenvalue weighted by Gasteiger charge is 2.19. The number of hydrogen-bond acceptors (Lipinski definition) is 1. The molecule has 0 heterocycles. The van der Waals surface area contributed by atoms with Gasteiger partial charge in [0.25, 0.3) is 0 Å². The first-order valence-corrected chi connectivity index (χ1v) is 6.61. The molecule has 1 aliphatic carbocycles. The Morgan fingerprint density at radius 3 is 2.39 bits per heavy atom. The maximum Gasteiger partial charge on any atom is 0.227 e. The molecule has 0 aliphatic heterocycles. The number of nitrogens with one attached hydrogen (secondary N) is 1. The van der Waals surface area contributed by atoms with E-state index in [9.17, 15) is 4.79 Å². The van der Waals surface area contributed by atoms with Gasteiger partial charge in [0, 0.05) is 11.6 Å². The first-order chi connectivity index (χ1) is 8.58. The largest absolute Gasteiger partial charge is 0.325 e. The highest BCUT2D eigenvalue weighted by Crippen LogP contribution is 2.25. The van der Waals surface area contributed by atoms with E-state index in [4.69, 9.17) is 0 Å². The maximum atomic E-state index is 12.2. The minimum atomic E-state index is 0.134. The summed E-state index contributed by atoms with van der Waals surface area (Å²) in [6.45, 7) is 6.18. The Kier molecular flexibility index (Phi) is 3.85. The van der Waals surface area contributed by atoms with Crippen LogP contribution in [0.3, 0.4) is 0 Å². The predicted octanol–water partition coefficient (Wildman–Crippen LogP) is 3.91. The number of anilines is 1. The lowest BCUT2D eigenvalue weighted by Gasteiger charge is -2.19. The molecule has 1 amide bonds. The van der Waals surface area contributed by atoms with Crippen LogP contribution in [0.25, 0.3) is 0 Å². The third-order valence-electron chi connectivity index (χ3n) is 3.57. The molecule has 0 bridgehead atoms. The highest BCUT2D eigenvalue weighted by molar-refractivity contribution is 5.94. The molecular weight excluding hydrogens is 222 g/mol. The van der Waals surface area contributed by atoms with Crippen LogP contribution >= 0.6 is 0 Å². The Morgan fingerprint density at radius 1 is 1.17 bits per heavy atom. The van der Waals surface area contributed by atoms with E-state index < -0.39 is 0 Å². The summed E-state index contributed by atoms with van der Waals surface area (Å²) >= 11 is 0. The van der Waals surface area contributed by atoms with E-state index in [1.807, 2.05) is 0 Å². The number of allylic oxidation sites excluding steroid dienone is 2. The standard InChI is InChI=1S/C16H21NO/c1-11-9-12(2)15(13(3)10-11)17-16(18)14-7-5-4-6-8-14/h4-5,9-10,14H,6-8H2,1-3H3,(H,17,18)/t14-/m1/s1. The van der Waals surface area contributed by atoms with Crippen LogP contribution in [0.1, 0.15) is 36.0 Å². The molecule has 1 aromatic carbocycles. The average molecular weight is 243 g/mol. The molecular formula is C16H21NO. The van der Waals surface area contributed by atoms with Crippen molar-refractivity contribution in [3.05, 3.63) is 41.0 Å². The SMILES string of the molecule is Cc1cc(C)c(NC(=O)[C@@H]2CC=CCC2)c(C)c1. The summed E-state index contributed by atoms with van der Waals surface area (Å²) < 4.78 is 0. The predicted molar refractivity (Wildman–Crippen MR) is 75.8 cm³/mol. The van der Waals surface area contributed by atoms with Crippen LogP contribution in [0, 0.1) is 26.7 Å². The van der Waals surface area contributed by atoms with Crippen molar-refractivity contribution in [3.8, 4) is 0 Å². The number of amides is 1. The molecule has 0 saturated heterocycles. The normalized spacial score (nSPS) is 18.7. The molecule has 0 saturated carbocycles. The van der Waals surface area contributed by atoms with Crippen LogP contribution in [0.5, 0.6) is 0 Å². The first kappa shape index (κ1) is 12.9. The molecule has 2 nitrogen and oxygen atoms in total. The van der Waals surface area contributed by atoms with Crippen LogP contribution in [-0.4, -0.2) is 5.91 Å². The second-order valence-electron chi connectivity index (χ2n) is 5.24. The molecule has 96 valence electrons. The van der Waals surface area contributed by atoms with Gasteiger partial charge in [-0.15, -0.1) is 0 Å². The third kappa shape index (κ3) is 2.81. The number of carbonyl (C=O) groups excluding carboxylic acids is 1. The van der Waals surface area contributed by atoms with Gasteiger partial charge >= 0.3 is 0 Å². The first-order valence-electron chi connectivity index (χ1n) is 6.61. The molecule has 1 aromatic rings. The maximum absolute atomic E-state index is 12.2. The Labute approximate surface area is 109 Å². The summed E-state index contributed by atoms with van der Waals surface area (Å²) in [7, 11) is 0. The zero-order chi connectivity index (χ0) is 13.1. The van der Waals surface area contributed by atoms with Gasteiger partial charge in [-0.2, -0.15) is 0 Å². The molecule has 0 spiro atoms. The zero-order valence-corrected chi connectivity index (χ0v) is 11.4. The van der Waals surface area contributed by atoms with Crippen LogP contribution in [0.2, 0.25) is 0 Å². The lowest BCUT2D eigenvalue weighted by Crippen LogP contribution is -2.24. The minimum Gasteiger partial charge on any atom is -0.325 e. The van der Waals surface area contributed by atoms with Crippen molar-refractivity contribution in [2.75, 3.05) is 5.32 Å². The van der Waals surface area contributed by atoms with Crippen molar-refractivity contribution < 1.29 is 4.79 Å². The van der Waals surface area contributed by atoms with Crippen LogP contribution < -0.4 is 5.32 Å². The summed E-state index contributed by atoms with van der Waals surface area (Å²) in [6, 6.07) is 4.23. The van der Waals surface area contributed by atoms with E-state index in [2.05, 4.69) is 50.4 Å². The number of benzene rings is 1. The van der Waals surface area contributed by atoms with Crippen LogP contribution in [0.15, 0.2) is 24.3 Å². The van der Waals surface area contributed by atoms with Crippen LogP contribution in [-0.2, 0) is 4.79 Å². The Morgan fingerprint density at radius 2 is 1.83 bits per heavy atom. The van der Waals surface area contributed by atoms with Crippen molar-refractivity contribution in [1.82, 2.24) is 0 Å². The van der Waals surface area contributed by atoms with E-state index in [0.717, 1.165) is 36.1 Å². The fraction of sp³-hybridized carbons (Fsp3) is 0.438. The van der Waals surface area contributed by atoms with E-state index in [0.29, 0.717) is 0 Å². The topological polar surface area (TPSA) is 29.1 Å². The van der Waals surface area contributed by atoms with E-state index >= 15 is 0 Å². The number of carbonyl (C=O) groups is 1. The zero-order valence-electron chi connectivity index (χ0n) is 11.4. The molecule has 0 unspecified atom stereocenters. The number of rotatable bonds is 2. The van der Waals surface area contributed by atoms with E-state index in [1.165, 1.54) is 5.56 Å². The van der Waals surface area contributed by atoms with Gasteiger partial charge in [-0.1, -0.05) is 29.8 Å². The molecule has 2 rings (SSSR count). The summed E-state index contributed by atoms with van der Waals surface area (Å²) in [5.74, 6) is 0.296. The van der Waals surface area contributed by atoms with Crippen molar-refractivity contribution in [1.29, 1.82) is 0 Å². The highest BCUT2D eigenvalue weighted by atomic mass is 16.1. The molecule has 0 aromatic heterocycles. The summed E-state index contributed by atoms with van der Waals surface area (Å²) in [6.07, 6.45) is 7.13. The average Bonchev–Trinajstić information content (AvgIpc) is 2.34. The quantitative estimate of drug-likeness (QED) is 0.784. The Balaban J connectivity index is 2.14. The molecule has 0 fully saturated rings. The van der Waals surface area contributed by atoms with Gasteiger partial charge in [-0.05, 0) is 51.2 Å². The second-order valence-corrected chi connectivity index (χ2v) is 5.24. The molecule has 1 N–H and O–H groups in total. The summed E-state index contributed by atoms with van der Waals surface area (Å²) in [5, 5.41) is 3.10. The van der Waals surface area contributed by atoms with Crippen molar-refractivity contribution in [3.63, 3.8) is 0 Å². The van der Waals surface area contributed by atoms with Gasteiger partial charge in [0.1, 0.15) is 0 Å². The fourth-order valence-electron chi connectivity index (χ4n) is 2.63. The smallest absolute Gasteiger partial charge is 0.227 e. The van der Waals surface area contributed by atoms with Gasteiger partial charge in [0.2, 0.25) is 5.91 Å². The second kappa shape index (κ2) is 5.38. The fourth-order valence-corrected chi connectivity index (χ4v) is 2.63. The van der Waals surface area contributed by atoms with Crippen molar-refractivity contribution >= 4 is 11.6 Å². The minimum absolute atomic E-state index is 0.134. The Bertz CT molecular complexity index is 465. The van der Waals surface area contributed by atoms with Gasteiger partial charge < -0.3 is 5.32 Å². The van der Waals surface area contributed by atoms with Gasteiger partial charge in [0.05, 0.1) is 0 Å². The lowest BCUT2D eigenvalue weighted by molar-refractivity contribution is -0.120. The third-order valence-corrected chi connectivity index (χ3v) is 3.57. The van der Waals surface area contributed by atoms with Crippen LogP contribution in [0.4, 0.5) is 5.69 Å². The molecule has 1 atom stereocenters. The lowest BCUT2D eigenvalue weighted by atomic mass is 9.93. The van der Waals surface area contributed by atoms with Gasteiger partial charge in [-0.25, -0.2) is 0 Å². The molecule has 1 aliphatic rings.